The predicted octanol–water partition coefficient (Wildman–Crippen LogP) is 9.77. The summed E-state index contributed by atoms with van der Waals surface area (Å²) in [5.41, 5.74) is 2.56. The molecule has 6 aliphatic rings. The van der Waals surface area contributed by atoms with E-state index >= 15 is 4.79 Å². The molecule has 8 heteroatoms. The Morgan fingerprint density at radius 3 is 2.29 bits per heavy atom. The van der Waals surface area contributed by atoms with E-state index in [1.165, 1.54) is 12.8 Å². The number of nitrogens with zero attached hydrogens (tertiary/aromatic N) is 2. The van der Waals surface area contributed by atoms with Gasteiger partial charge in [-0.3, -0.25) is 9.59 Å². The quantitative estimate of drug-likeness (QED) is 0.190. The number of rotatable bonds is 3. The van der Waals surface area contributed by atoms with E-state index in [-0.39, 0.29) is 45.1 Å². The van der Waals surface area contributed by atoms with Gasteiger partial charge in [-0.15, -0.1) is 0 Å². The van der Waals surface area contributed by atoms with E-state index in [1.807, 2.05) is 24.3 Å². The number of benzene rings is 1. The average Bonchev–Trinajstić information content (AvgIpc) is 3.07. The zero-order valence-corrected chi connectivity index (χ0v) is 34.0. The zero-order chi connectivity index (χ0) is 36.7. The standard InChI is InChI=1S/C43H62ClN3O3S/c1-27-14-19-43(37(49)46-22-24-47(25-23-46)38(51)45-31-11-9-10-30(44)26-31)21-20-41(7)32(36(43)28(27)2)12-13-34-40(6)17-16-35(50-29(3)48)39(4,5)33(40)15-18-42(34,41)8/h9-12,26-28,33-36H,13-25H2,1-8H3,(H,45,51)/t27-,28+,33+,34-,35+,36+,40+,41-,42-,43+/m1/s1. The molecule has 6 nitrogen and oxygen atoms in total. The monoisotopic (exact) mass is 735 g/mol. The molecule has 280 valence electrons. The van der Waals surface area contributed by atoms with Crippen molar-refractivity contribution in [3.8, 4) is 0 Å². The highest BCUT2D eigenvalue weighted by molar-refractivity contribution is 7.80. The summed E-state index contributed by atoms with van der Waals surface area (Å²) in [6.45, 7) is 21.9. The van der Waals surface area contributed by atoms with Crippen LogP contribution in [0, 0.1) is 56.7 Å². The van der Waals surface area contributed by atoms with E-state index in [0.29, 0.717) is 52.8 Å². The fraction of sp³-hybridized carbons (Fsp3) is 0.744. The van der Waals surface area contributed by atoms with Gasteiger partial charge in [-0.2, -0.15) is 0 Å². The SMILES string of the molecule is CC(=O)O[C@H]1CC[C@]2(C)[C@H]3CC=C4[C@@H]5[C@@H](C)[C@H](C)CC[C@]5(C(=O)N5CCN(C(=S)Nc6cccc(Cl)c6)CC5)CC[C@@]4(C)[C@]3(C)CC[C@H]2C1(C)C. The molecular weight excluding hydrogens is 674 g/mol. The Bertz CT molecular complexity index is 1600. The van der Waals surface area contributed by atoms with Crippen LogP contribution < -0.4 is 5.32 Å². The summed E-state index contributed by atoms with van der Waals surface area (Å²) in [6, 6.07) is 7.65. The lowest BCUT2D eigenvalue weighted by Crippen LogP contribution is -2.66. The number of carbonyl (C=O) groups excluding carboxylic acids is 2. The van der Waals surface area contributed by atoms with E-state index in [2.05, 4.69) is 69.7 Å². The second kappa shape index (κ2) is 13.0. The molecule has 4 saturated carbocycles. The number of carbonyl (C=O) groups is 2. The van der Waals surface area contributed by atoms with Gasteiger partial charge in [0, 0.05) is 49.2 Å². The second-order valence-electron chi connectivity index (χ2n) is 19.0. The summed E-state index contributed by atoms with van der Waals surface area (Å²) in [5.74, 6) is 2.70. The van der Waals surface area contributed by atoms with E-state index < -0.39 is 0 Å². The normalized spacial score (nSPS) is 41.5. The van der Waals surface area contributed by atoms with Gasteiger partial charge in [0.15, 0.2) is 5.11 Å². The van der Waals surface area contributed by atoms with Crippen LogP contribution in [-0.2, 0) is 14.3 Å². The van der Waals surface area contributed by atoms with Crippen molar-refractivity contribution in [1.82, 2.24) is 9.80 Å². The van der Waals surface area contributed by atoms with Crippen LogP contribution >= 0.6 is 23.8 Å². The molecule has 0 unspecified atom stereocenters. The molecule has 5 aliphatic carbocycles. The smallest absolute Gasteiger partial charge is 0.302 e. The number of allylic oxidation sites excluding steroid dienone is 2. The number of fused-ring (bicyclic) bond motifs is 7. The summed E-state index contributed by atoms with van der Waals surface area (Å²) in [6.07, 6.45) is 12.4. The van der Waals surface area contributed by atoms with Crippen molar-refractivity contribution in [3.05, 3.63) is 40.9 Å². The van der Waals surface area contributed by atoms with Crippen LogP contribution in [0.15, 0.2) is 35.9 Å². The molecule has 1 N–H and O–H groups in total. The van der Waals surface area contributed by atoms with Gasteiger partial charge in [0.1, 0.15) is 6.10 Å². The topological polar surface area (TPSA) is 61.9 Å². The molecule has 0 spiro atoms. The van der Waals surface area contributed by atoms with Crippen molar-refractivity contribution in [3.63, 3.8) is 0 Å². The lowest BCUT2D eigenvalue weighted by molar-refractivity contribution is -0.213. The fourth-order valence-corrected chi connectivity index (χ4v) is 13.9. The van der Waals surface area contributed by atoms with Gasteiger partial charge in [-0.05, 0) is 134 Å². The number of ether oxygens (including phenoxy) is 1. The first kappa shape index (κ1) is 37.2. The molecule has 1 aromatic rings. The Kier molecular flexibility index (Phi) is 9.50. The molecule has 1 aliphatic heterocycles. The summed E-state index contributed by atoms with van der Waals surface area (Å²) in [7, 11) is 0. The number of piperazine rings is 1. The van der Waals surface area contributed by atoms with Crippen molar-refractivity contribution < 1.29 is 14.3 Å². The number of anilines is 1. The Hall–Kier alpha value is -2.12. The maximum Gasteiger partial charge on any atom is 0.302 e. The first-order valence-corrected chi connectivity index (χ1v) is 20.8. The van der Waals surface area contributed by atoms with E-state index in [1.54, 1.807) is 12.5 Å². The third-order valence-electron chi connectivity index (χ3n) is 16.6. The lowest BCUT2D eigenvalue weighted by Gasteiger charge is -2.71. The molecule has 0 radical (unpaired) electrons. The molecular formula is C43H62ClN3O3S. The maximum atomic E-state index is 15.1. The van der Waals surface area contributed by atoms with Crippen molar-refractivity contribution in [2.24, 2.45) is 56.7 Å². The van der Waals surface area contributed by atoms with Crippen molar-refractivity contribution >= 4 is 46.5 Å². The predicted molar refractivity (Wildman–Crippen MR) is 210 cm³/mol. The number of thiocarbonyl (C=S) groups is 1. The molecule has 1 saturated heterocycles. The van der Waals surface area contributed by atoms with Crippen LogP contribution in [0.2, 0.25) is 5.02 Å². The molecule has 1 heterocycles. The Morgan fingerprint density at radius 1 is 0.902 bits per heavy atom. The molecule has 0 bridgehead atoms. The van der Waals surface area contributed by atoms with E-state index in [9.17, 15) is 4.79 Å². The highest BCUT2D eigenvalue weighted by atomic mass is 35.5. The lowest BCUT2D eigenvalue weighted by atomic mass is 9.33. The third-order valence-corrected chi connectivity index (χ3v) is 17.2. The highest BCUT2D eigenvalue weighted by Gasteiger charge is 2.70. The number of amides is 1. The number of nitrogens with one attached hydrogen (secondary N) is 1. The van der Waals surface area contributed by atoms with E-state index in [0.717, 1.165) is 63.7 Å². The van der Waals surface area contributed by atoms with Gasteiger partial charge in [-0.1, -0.05) is 77.8 Å². The Morgan fingerprint density at radius 2 is 1.61 bits per heavy atom. The zero-order valence-electron chi connectivity index (χ0n) is 32.4. The van der Waals surface area contributed by atoms with Gasteiger partial charge in [0.2, 0.25) is 5.91 Å². The summed E-state index contributed by atoms with van der Waals surface area (Å²) in [4.78, 5) is 31.6. The van der Waals surface area contributed by atoms with Crippen molar-refractivity contribution in [2.45, 2.75) is 119 Å². The minimum atomic E-state index is -0.326. The Balaban J connectivity index is 1.14. The first-order chi connectivity index (χ1) is 24.0. The van der Waals surface area contributed by atoms with Crippen molar-refractivity contribution in [1.29, 1.82) is 0 Å². The van der Waals surface area contributed by atoms with Gasteiger partial charge in [0.05, 0.1) is 5.41 Å². The van der Waals surface area contributed by atoms with Crippen LogP contribution in [0.5, 0.6) is 0 Å². The number of hydrogen-bond donors (Lipinski definition) is 1. The highest BCUT2D eigenvalue weighted by Crippen LogP contribution is 2.76. The summed E-state index contributed by atoms with van der Waals surface area (Å²) >= 11 is 12.0. The number of hydrogen-bond acceptors (Lipinski definition) is 4. The second-order valence-corrected chi connectivity index (χ2v) is 19.8. The number of esters is 1. The molecule has 7 rings (SSSR count). The van der Waals surface area contributed by atoms with Crippen LogP contribution in [0.3, 0.4) is 0 Å². The van der Waals surface area contributed by atoms with Crippen LogP contribution in [0.4, 0.5) is 5.69 Å². The maximum absolute atomic E-state index is 15.1. The van der Waals surface area contributed by atoms with Crippen LogP contribution in [-0.4, -0.2) is 59.1 Å². The van der Waals surface area contributed by atoms with Crippen molar-refractivity contribution in [2.75, 3.05) is 31.5 Å². The Labute approximate surface area is 317 Å². The molecule has 5 fully saturated rings. The minimum Gasteiger partial charge on any atom is -0.462 e. The van der Waals surface area contributed by atoms with Gasteiger partial charge in [0.25, 0.3) is 0 Å². The fourth-order valence-electron chi connectivity index (χ4n) is 13.4. The largest absolute Gasteiger partial charge is 0.462 e. The molecule has 51 heavy (non-hydrogen) atoms. The summed E-state index contributed by atoms with van der Waals surface area (Å²) < 4.78 is 5.97. The van der Waals surface area contributed by atoms with Gasteiger partial charge >= 0.3 is 5.97 Å². The van der Waals surface area contributed by atoms with Gasteiger partial charge < -0.3 is 19.9 Å². The molecule has 1 aromatic carbocycles. The van der Waals surface area contributed by atoms with Crippen LogP contribution in [0.1, 0.15) is 113 Å². The van der Waals surface area contributed by atoms with Gasteiger partial charge in [-0.25, -0.2) is 0 Å². The summed E-state index contributed by atoms with van der Waals surface area (Å²) in [5, 5.41) is 4.72. The molecule has 0 aromatic heterocycles. The molecule has 10 atom stereocenters. The minimum absolute atomic E-state index is 0.00902. The van der Waals surface area contributed by atoms with Crippen LogP contribution in [0.25, 0.3) is 0 Å². The molecule has 1 amide bonds. The number of halogens is 1. The van der Waals surface area contributed by atoms with E-state index in [4.69, 9.17) is 28.6 Å². The first-order valence-electron chi connectivity index (χ1n) is 20.0. The third kappa shape index (κ3) is 5.71. The average molecular weight is 737 g/mol.